The summed E-state index contributed by atoms with van der Waals surface area (Å²) in [6, 6.07) is 10.1. The summed E-state index contributed by atoms with van der Waals surface area (Å²) in [5.74, 6) is 2.46. The summed E-state index contributed by atoms with van der Waals surface area (Å²) in [5, 5.41) is 6.99. The molecule has 5 nitrogen and oxygen atoms in total. The molecule has 2 aromatic rings. The van der Waals surface area contributed by atoms with Gasteiger partial charge in [0, 0.05) is 30.5 Å². The lowest BCUT2D eigenvalue weighted by atomic mass is 9.86. The highest BCUT2D eigenvalue weighted by Gasteiger charge is 2.24. The summed E-state index contributed by atoms with van der Waals surface area (Å²) in [6.07, 6.45) is 1.77. The molecule has 0 unspecified atom stereocenters. The van der Waals surface area contributed by atoms with E-state index in [-0.39, 0.29) is 11.5 Å². The lowest BCUT2D eigenvalue weighted by molar-refractivity contribution is 0.350. The van der Waals surface area contributed by atoms with E-state index in [1.54, 1.807) is 13.3 Å². The average molecular weight is 314 g/mol. The van der Waals surface area contributed by atoms with Gasteiger partial charge in [-0.15, -0.1) is 0 Å². The van der Waals surface area contributed by atoms with E-state index in [1.165, 1.54) is 0 Å². The predicted molar refractivity (Wildman–Crippen MR) is 95.1 cm³/mol. The van der Waals surface area contributed by atoms with E-state index in [0.29, 0.717) is 0 Å². The molecule has 2 N–H and O–H groups in total. The first-order valence-corrected chi connectivity index (χ1v) is 7.82. The maximum absolute atomic E-state index is 5.29. The second-order valence-electron chi connectivity index (χ2n) is 6.66. The molecule has 0 spiro atoms. The Bertz CT molecular complexity index is 637. The van der Waals surface area contributed by atoms with Crippen LogP contribution in [0.25, 0.3) is 0 Å². The molecule has 1 aromatic heterocycles. The minimum atomic E-state index is 0.0815. The van der Waals surface area contributed by atoms with Crippen LogP contribution in [0.1, 0.15) is 26.6 Å². The van der Waals surface area contributed by atoms with Crippen molar-refractivity contribution in [1.82, 2.24) is 9.97 Å². The summed E-state index contributed by atoms with van der Waals surface area (Å²) >= 11 is 0. The maximum atomic E-state index is 5.29. The molecule has 23 heavy (non-hydrogen) atoms. The Hall–Kier alpha value is -2.30. The van der Waals surface area contributed by atoms with Crippen LogP contribution < -0.4 is 15.4 Å². The monoisotopic (exact) mass is 314 g/mol. The van der Waals surface area contributed by atoms with Crippen molar-refractivity contribution in [1.29, 1.82) is 0 Å². The quantitative estimate of drug-likeness (QED) is 0.851. The smallest absolute Gasteiger partial charge is 0.129 e. The third-order valence-electron chi connectivity index (χ3n) is 3.72. The van der Waals surface area contributed by atoms with E-state index in [0.717, 1.165) is 29.6 Å². The first-order valence-electron chi connectivity index (χ1n) is 7.82. The number of aryl methyl sites for hydroxylation is 1. The lowest BCUT2D eigenvalue weighted by Crippen LogP contribution is -2.40. The van der Waals surface area contributed by atoms with Crippen LogP contribution in [0, 0.1) is 12.3 Å². The molecule has 0 aliphatic rings. The Morgan fingerprint density at radius 2 is 2.00 bits per heavy atom. The Labute approximate surface area is 138 Å². The van der Waals surface area contributed by atoms with Gasteiger partial charge in [-0.05, 0) is 30.5 Å². The Morgan fingerprint density at radius 1 is 1.22 bits per heavy atom. The normalized spacial score (nSPS) is 12.6. The predicted octanol–water partition coefficient (Wildman–Crippen LogP) is 3.73. The van der Waals surface area contributed by atoms with Crippen LogP contribution in [0.15, 0.2) is 36.5 Å². The fraction of sp³-hybridized carbons (Fsp3) is 0.444. The number of anilines is 2. The second-order valence-corrected chi connectivity index (χ2v) is 6.66. The Morgan fingerprint density at radius 3 is 2.65 bits per heavy atom. The van der Waals surface area contributed by atoms with Crippen molar-refractivity contribution in [3.05, 3.63) is 42.4 Å². The van der Waals surface area contributed by atoms with Crippen molar-refractivity contribution < 1.29 is 4.74 Å². The number of aromatic nitrogens is 2. The van der Waals surface area contributed by atoms with Crippen molar-refractivity contribution in [2.24, 2.45) is 5.41 Å². The molecule has 5 heteroatoms. The number of hydrogen-bond acceptors (Lipinski definition) is 5. The molecule has 124 valence electrons. The van der Waals surface area contributed by atoms with Crippen molar-refractivity contribution in [2.75, 3.05) is 24.3 Å². The highest BCUT2D eigenvalue weighted by molar-refractivity contribution is 5.49. The molecule has 0 bridgehead atoms. The van der Waals surface area contributed by atoms with Gasteiger partial charge in [-0.2, -0.15) is 0 Å². The summed E-state index contributed by atoms with van der Waals surface area (Å²) in [6.45, 7) is 9.31. The van der Waals surface area contributed by atoms with Gasteiger partial charge in [-0.3, -0.25) is 0 Å². The van der Waals surface area contributed by atoms with Gasteiger partial charge < -0.3 is 15.4 Å². The molecular weight excluding hydrogens is 288 g/mol. The SMILES string of the molecule is COc1cccc(N[C@H](CNc2ccnc(C)n2)C(C)(C)C)c1. The Balaban J connectivity index is 2.08. The molecule has 0 aliphatic carbocycles. The van der Waals surface area contributed by atoms with Crippen molar-refractivity contribution in [3.63, 3.8) is 0 Å². The zero-order chi connectivity index (χ0) is 16.9. The summed E-state index contributed by atoms with van der Waals surface area (Å²) in [7, 11) is 1.68. The summed E-state index contributed by atoms with van der Waals surface area (Å²) in [5.41, 5.74) is 1.13. The van der Waals surface area contributed by atoms with Gasteiger partial charge in [0.05, 0.1) is 7.11 Å². The largest absolute Gasteiger partial charge is 0.497 e. The molecule has 0 saturated heterocycles. The van der Waals surface area contributed by atoms with Crippen LogP contribution in [-0.2, 0) is 0 Å². The fourth-order valence-corrected chi connectivity index (χ4v) is 2.25. The molecule has 0 saturated carbocycles. The van der Waals surface area contributed by atoms with Crippen LogP contribution in [0.4, 0.5) is 11.5 Å². The standard InChI is InChI=1S/C18H26N4O/c1-13-19-10-9-17(21-13)20-12-16(18(2,3)4)22-14-7-6-8-15(11-14)23-5/h6-11,16,22H,12H2,1-5H3,(H,19,20,21)/t16-/m1/s1. The van der Waals surface area contributed by atoms with E-state index < -0.39 is 0 Å². The summed E-state index contributed by atoms with van der Waals surface area (Å²) < 4.78 is 5.29. The number of nitrogens with zero attached hydrogens (tertiary/aromatic N) is 2. The molecule has 2 rings (SSSR count). The third kappa shape index (κ3) is 5.13. The zero-order valence-electron chi connectivity index (χ0n) is 14.6. The number of benzene rings is 1. The van der Waals surface area contributed by atoms with Gasteiger partial charge >= 0.3 is 0 Å². The fourth-order valence-electron chi connectivity index (χ4n) is 2.25. The molecule has 0 radical (unpaired) electrons. The highest BCUT2D eigenvalue weighted by Crippen LogP contribution is 2.25. The number of rotatable bonds is 6. The first-order chi connectivity index (χ1) is 10.9. The van der Waals surface area contributed by atoms with Crippen LogP contribution in [-0.4, -0.2) is 29.7 Å². The van der Waals surface area contributed by atoms with E-state index in [2.05, 4.69) is 47.4 Å². The zero-order valence-corrected chi connectivity index (χ0v) is 14.6. The first kappa shape index (κ1) is 17.1. The maximum Gasteiger partial charge on any atom is 0.129 e. The minimum absolute atomic E-state index is 0.0815. The van der Waals surface area contributed by atoms with Gasteiger partial charge in [-0.1, -0.05) is 26.8 Å². The van der Waals surface area contributed by atoms with Crippen LogP contribution in [0.2, 0.25) is 0 Å². The van der Waals surface area contributed by atoms with Gasteiger partial charge in [0.15, 0.2) is 0 Å². The van der Waals surface area contributed by atoms with E-state index in [4.69, 9.17) is 4.74 Å². The van der Waals surface area contributed by atoms with Crippen molar-refractivity contribution in [3.8, 4) is 5.75 Å². The van der Waals surface area contributed by atoms with Crippen LogP contribution >= 0.6 is 0 Å². The van der Waals surface area contributed by atoms with Crippen LogP contribution in [0.5, 0.6) is 5.75 Å². The second kappa shape index (κ2) is 7.31. The molecule has 1 aromatic carbocycles. The average Bonchev–Trinajstić information content (AvgIpc) is 2.50. The number of nitrogens with one attached hydrogen (secondary N) is 2. The summed E-state index contributed by atoms with van der Waals surface area (Å²) in [4.78, 5) is 8.51. The van der Waals surface area contributed by atoms with E-state index in [1.807, 2.05) is 31.2 Å². The van der Waals surface area contributed by atoms with Crippen molar-refractivity contribution in [2.45, 2.75) is 33.7 Å². The molecule has 0 amide bonds. The van der Waals surface area contributed by atoms with Crippen molar-refractivity contribution >= 4 is 11.5 Å². The molecule has 0 fully saturated rings. The molecule has 0 aliphatic heterocycles. The Kier molecular flexibility index (Phi) is 5.42. The number of hydrogen-bond donors (Lipinski definition) is 2. The van der Waals surface area contributed by atoms with E-state index >= 15 is 0 Å². The third-order valence-corrected chi connectivity index (χ3v) is 3.72. The molecular formula is C18H26N4O. The van der Waals surface area contributed by atoms with Gasteiger partial charge in [0.1, 0.15) is 17.4 Å². The van der Waals surface area contributed by atoms with Gasteiger partial charge in [0.25, 0.3) is 0 Å². The number of ether oxygens (including phenoxy) is 1. The lowest BCUT2D eigenvalue weighted by Gasteiger charge is -2.32. The molecule has 1 atom stereocenters. The number of methoxy groups -OCH3 is 1. The van der Waals surface area contributed by atoms with Gasteiger partial charge in [0.2, 0.25) is 0 Å². The topological polar surface area (TPSA) is 59.1 Å². The molecule has 1 heterocycles. The van der Waals surface area contributed by atoms with Crippen LogP contribution in [0.3, 0.4) is 0 Å². The van der Waals surface area contributed by atoms with E-state index in [9.17, 15) is 0 Å². The minimum Gasteiger partial charge on any atom is -0.497 e. The highest BCUT2D eigenvalue weighted by atomic mass is 16.5. The van der Waals surface area contributed by atoms with Gasteiger partial charge in [-0.25, -0.2) is 9.97 Å².